The predicted molar refractivity (Wildman–Crippen MR) is 123 cm³/mol. The number of benzene rings is 1. The molecule has 3 heterocycles. The highest BCUT2D eigenvalue weighted by molar-refractivity contribution is 7.89. The number of anilines is 4. The number of ether oxygens (including phenoxy) is 1. The van der Waals surface area contributed by atoms with E-state index in [9.17, 15) is 26.4 Å². The van der Waals surface area contributed by atoms with Crippen LogP contribution in [0.5, 0.6) is 0 Å². The van der Waals surface area contributed by atoms with Crippen molar-refractivity contribution in [1.82, 2.24) is 14.3 Å². The van der Waals surface area contributed by atoms with Crippen LogP contribution in [0.1, 0.15) is 25.0 Å². The number of rotatable bonds is 7. The van der Waals surface area contributed by atoms with Crippen LogP contribution in [0.2, 0.25) is 0 Å². The number of aromatic nitrogens is 2. The maximum atomic E-state index is 13.6. The molecule has 14 heteroatoms. The fourth-order valence-corrected chi connectivity index (χ4v) is 5.08. The van der Waals surface area contributed by atoms with Gasteiger partial charge < -0.3 is 20.7 Å². The Hall–Kier alpha value is -2.97. The minimum Gasteiger partial charge on any atom is -0.374 e. The van der Waals surface area contributed by atoms with E-state index in [1.807, 2.05) is 0 Å². The number of amides is 1. The average molecular weight is 515 g/mol. The van der Waals surface area contributed by atoms with Crippen molar-refractivity contribution in [2.75, 3.05) is 42.2 Å². The molecule has 2 aliphatic heterocycles. The van der Waals surface area contributed by atoms with Crippen molar-refractivity contribution in [2.24, 2.45) is 0 Å². The summed E-state index contributed by atoms with van der Waals surface area (Å²) in [7, 11) is -3.51. The number of sulfonamides is 1. The maximum absolute atomic E-state index is 13.6. The minimum absolute atomic E-state index is 0.0208. The molecule has 1 saturated heterocycles. The van der Waals surface area contributed by atoms with E-state index in [-0.39, 0.29) is 44.5 Å². The molecule has 10 nitrogen and oxygen atoms in total. The van der Waals surface area contributed by atoms with Crippen molar-refractivity contribution >= 4 is 39.1 Å². The van der Waals surface area contributed by atoms with Gasteiger partial charge in [-0.3, -0.25) is 4.79 Å². The highest BCUT2D eigenvalue weighted by atomic mass is 32.2. The average Bonchev–Trinajstić information content (AvgIpc) is 3.16. The fraction of sp³-hybridized carbons (Fsp3) is 0.476. The lowest BCUT2D eigenvalue weighted by Gasteiger charge is -2.33. The quantitative estimate of drug-likeness (QED) is 0.515. The first-order chi connectivity index (χ1) is 16.4. The molecule has 0 bridgehead atoms. The van der Waals surface area contributed by atoms with Crippen LogP contribution >= 0.6 is 0 Å². The summed E-state index contributed by atoms with van der Waals surface area (Å²) in [5.74, 6) is -0.675. The largest absolute Gasteiger partial charge is 0.421 e. The van der Waals surface area contributed by atoms with Gasteiger partial charge in [-0.2, -0.15) is 22.5 Å². The standard InChI is InChI=1S/C21H25F3N6O4S/c1-12(2)35(32,33)30-5-6-34-15(11-30)9-25-19-16(21(22,23)24)10-26-20(29-19)27-14-3-4-17-13(7-14)8-18(31)28-17/h3-4,7,10,12,15H,5-6,8-9,11H2,1-2H3,(H,28,31)(H2,25,26,27,29). The normalized spacial score (nSPS) is 18.9. The zero-order valence-corrected chi connectivity index (χ0v) is 19.8. The Morgan fingerprint density at radius 2 is 2.09 bits per heavy atom. The summed E-state index contributed by atoms with van der Waals surface area (Å²) in [6.07, 6.45) is -4.49. The topological polar surface area (TPSA) is 126 Å². The van der Waals surface area contributed by atoms with Crippen molar-refractivity contribution in [2.45, 2.75) is 37.8 Å². The van der Waals surface area contributed by atoms with Crippen molar-refractivity contribution in [3.05, 3.63) is 35.5 Å². The molecule has 1 fully saturated rings. The van der Waals surface area contributed by atoms with Crippen LogP contribution in [0, 0.1) is 0 Å². The molecule has 1 amide bonds. The van der Waals surface area contributed by atoms with Gasteiger partial charge in [-0.1, -0.05) is 0 Å². The zero-order chi connectivity index (χ0) is 25.4. The number of hydrogen-bond acceptors (Lipinski definition) is 8. The number of carbonyl (C=O) groups is 1. The fourth-order valence-electron chi connectivity index (χ4n) is 3.78. The third kappa shape index (κ3) is 5.65. The number of alkyl halides is 3. The van der Waals surface area contributed by atoms with Crippen LogP contribution in [0.4, 0.5) is 36.3 Å². The minimum atomic E-state index is -4.71. The second kappa shape index (κ2) is 9.59. The molecule has 3 N–H and O–H groups in total. The number of morpholine rings is 1. The third-order valence-corrected chi connectivity index (χ3v) is 7.88. The van der Waals surface area contributed by atoms with E-state index in [0.717, 1.165) is 5.56 Å². The lowest BCUT2D eigenvalue weighted by atomic mass is 10.1. The third-order valence-electron chi connectivity index (χ3n) is 5.63. The molecule has 190 valence electrons. The first-order valence-corrected chi connectivity index (χ1v) is 12.4. The highest BCUT2D eigenvalue weighted by Crippen LogP contribution is 2.34. The molecule has 35 heavy (non-hydrogen) atoms. The summed E-state index contributed by atoms with van der Waals surface area (Å²) < 4.78 is 72.5. The predicted octanol–water partition coefficient (Wildman–Crippen LogP) is 2.58. The monoisotopic (exact) mass is 514 g/mol. The molecule has 1 aromatic heterocycles. The first-order valence-electron chi connectivity index (χ1n) is 10.9. The van der Waals surface area contributed by atoms with Gasteiger partial charge in [0.1, 0.15) is 11.4 Å². The smallest absolute Gasteiger partial charge is 0.374 e. The van der Waals surface area contributed by atoms with Gasteiger partial charge in [0.15, 0.2) is 0 Å². The maximum Gasteiger partial charge on any atom is 0.421 e. The molecule has 1 atom stereocenters. The van der Waals surface area contributed by atoms with Crippen LogP contribution in [0.15, 0.2) is 24.4 Å². The van der Waals surface area contributed by atoms with Gasteiger partial charge in [0.05, 0.1) is 24.4 Å². The van der Waals surface area contributed by atoms with E-state index in [2.05, 4.69) is 25.9 Å². The van der Waals surface area contributed by atoms with Crippen LogP contribution in [0.3, 0.4) is 0 Å². The number of hydrogen-bond donors (Lipinski definition) is 3. The Bertz CT molecular complexity index is 1220. The first kappa shape index (κ1) is 25.1. The summed E-state index contributed by atoms with van der Waals surface area (Å²) in [4.78, 5) is 19.3. The molecule has 2 aromatic rings. The van der Waals surface area contributed by atoms with E-state index in [1.165, 1.54) is 4.31 Å². The lowest BCUT2D eigenvalue weighted by molar-refractivity contribution is -0.137. The molecule has 4 rings (SSSR count). The summed E-state index contributed by atoms with van der Waals surface area (Å²) >= 11 is 0. The highest BCUT2D eigenvalue weighted by Gasteiger charge is 2.36. The van der Waals surface area contributed by atoms with Crippen molar-refractivity contribution in [3.63, 3.8) is 0 Å². The van der Waals surface area contributed by atoms with Crippen molar-refractivity contribution < 1.29 is 31.1 Å². The van der Waals surface area contributed by atoms with Crippen LogP contribution in [-0.4, -0.2) is 66.2 Å². The SMILES string of the molecule is CC(C)S(=O)(=O)N1CCOC(CNc2nc(Nc3ccc4c(c3)CC(=O)N4)ncc2C(F)(F)F)C1. The Labute approximate surface area is 200 Å². The van der Waals surface area contributed by atoms with Gasteiger partial charge >= 0.3 is 6.18 Å². The van der Waals surface area contributed by atoms with E-state index < -0.39 is 38.9 Å². The summed E-state index contributed by atoms with van der Waals surface area (Å²) in [5, 5.41) is 7.60. The summed E-state index contributed by atoms with van der Waals surface area (Å²) in [5.41, 5.74) is 0.878. The van der Waals surface area contributed by atoms with Gasteiger partial charge in [0.25, 0.3) is 0 Å². The summed E-state index contributed by atoms with van der Waals surface area (Å²) in [6, 6.07) is 5.03. The number of carbonyl (C=O) groups excluding carboxylic acids is 1. The molecule has 0 spiro atoms. The lowest BCUT2D eigenvalue weighted by Crippen LogP contribution is -2.49. The van der Waals surface area contributed by atoms with E-state index >= 15 is 0 Å². The zero-order valence-electron chi connectivity index (χ0n) is 19.0. The van der Waals surface area contributed by atoms with Gasteiger partial charge in [-0.15, -0.1) is 0 Å². The van der Waals surface area contributed by atoms with Crippen LogP contribution in [-0.2, 0) is 32.2 Å². The molecule has 0 saturated carbocycles. The molecule has 2 aliphatic rings. The molecule has 1 aromatic carbocycles. The Balaban J connectivity index is 1.50. The van der Waals surface area contributed by atoms with Crippen molar-refractivity contribution in [3.8, 4) is 0 Å². The number of nitrogens with one attached hydrogen (secondary N) is 3. The van der Waals surface area contributed by atoms with Gasteiger partial charge in [0.2, 0.25) is 21.9 Å². The molecule has 0 aliphatic carbocycles. The Morgan fingerprint density at radius 3 is 2.80 bits per heavy atom. The molecular formula is C21H25F3N6O4S. The van der Waals surface area contributed by atoms with E-state index in [0.29, 0.717) is 17.6 Å². The Morgan fingerprint density at radius 1 is 1.31 bits per heavy atom. The Kier molecular flexibility index (Phi) is 6.88. The van der Waals surface area contributed by atoms with Gasteiger partial charge in [0, 0.05) is 37.2 Å². The van der Waals surface area contributed by atoms with Crippen molar-refractivity contribution in [1.29, 1.82) is 0 Å². The van der Waals surface area contributed by atoms with Crippen LogP contribution < -0.4 is 16.0 Å². The van der Waals surface area contributed by atoms with E-state index in [1.54, 1.807) is 32.0 Å². The van der Waals surface area contributed by atoms with Gasteiger partial charge in [-0.25, -0.2) is 13.4 Å². The van der Waals surface area contributed by atoms with Gasteiger partial charge in [-0.05, 0) is 37.6 Å². The summed E-state index contributed by atoms with van der Waals surface area (Å²) in [6.45, 7) is 3.39. The second-order valence-electron chi connectivity index (χ2n) is 8.50. The molecular weight excluding hydrogens is 489 g/mol. The van der Waals surface area contributed by atoms with Crippen LogP contribution in [0.25, 0.3) is 0 Å². The molecule has 0 radical (unpaired) electrons. The number of fused-ring (bicyclic) bond motifs is 1. The second-order valence-corrected chi connectivity index (χ2v) is 11.0. The molecule has 1 unspecified atom stereocenters. The number of halogens is 3. The number of nitrogens with zero attached hydrogens (tertiary/aromatic N) is 3. The van der Waals surface area contributed by atoms with E-state index in [4.69, 9.17) is 4.74 Å².